The Morgan fingerprint density at radius 1 is 1.44 bits per heavy atom. The molecule has 1 aromatic carbocycles. The van der Waals surface area contributed by atoms with Gasteiger partial charge in [-0.15, -0.1) is 0 Å². The van der Waals surface area contributed by atoms with Crippen LogP contribution in [-0.2, 0) is 0 Å². The number of hydrogen-bond acceptors (Lipinski definition) is 1. The molecule has 0 atom stereocenters. The molecule has 4 heteroatoms. The van der Waals surface area contributed by atoms with Crippen molar-refractivity contribution in [3.63, 3.8) is 0 Å². The van der Waals surface area contributed by atoms with Crippen LogP contribution in [0, 0.1) is 5.41 Å². The van der Waals surface area contributed by atoms with Crippen molar-refractivity contribution in [2.24, 2.45) is 5.41 Å². The summed E-state index contributed by atoms with van der Waals surface area (Å²) in [4.78, 5) is 11.9. The predicted octanol–water partition coefficient (Wildman–Crippen LogP) is 3.74. The second-order valence-electron chi connectivity index (χ2n) is 4.62. The zero-order valence-corrected chi connectivity index (χ0v) is 12.2. The highest BCUT2D eigenvalue weighted by Crippen LogP contribution is 2.44. The largest absolute Gasteiger partial charge is 0.351 e. The summed E-state index contributed by atoms with van der Waals surface area (Å²) >= 11 is 6.76. The molecule has 0 aliphatic heterocycles. The van der Waals surface area contributed by atoms with Gasteiger partial charge in [-0.3, -0.25) is 4.79 Å². The van der Waals surface area contributed by atoms with Crippen LogP contribution in [0.2, 0.25) is 0 Å². The van der Waals surface area contributed by atoms with E-state index in [4.69, 9.17) is 0 Å². The summed E-state index contributed by atoms with van der Waals surface area (Å²) in [5.41, 5.74) is 1.03. The van der Waals surface area contributed by atoms with Crippen LogP contribution in [0.15, 0.2) is 27.1 Å². The molecule has 1 saturated carbocycles. The summed E-state index contributed by atoms with van der Waals surface area (Å²) in [6, 6.07) is 5.57. The van der Waals surface area contributed by atoms with Crippen molar-refractivity contribution < 1.29 is 4.79 Å². The second-order valence-corrected chi connectivity index (χ2v) is 6.39. The van der Waals surface area contributed by atoms with Crippen LogP contribution in [0.25, 0.3) is 0 Å². The molecule has 1 aliphatic carbocycles. The molecule has 16 heavy (non-hydrogen) atoms. The van der Waals surface area contributed by atoms with E-state index in [1.165, 1.54) is 12.8 Å². The van der Waals surface area contributed by atoms with Crippen molar-refractivity contribution in [2.75, 3.05) is 6.54 Å². The molecule has 0 heterocycles. The zero-order valence-electron chi connectivity index (χ0n) is 9.02. The third-order valence-electron chi connectivity index (χ3n) is 2.96. The van der Waals surface area contributed by atoms with Gasteiger partial charge in [-0.1, -0.05) is 22.9 Å². The van der Waals surface area contributed by atoms with Gasteiger partial charge >= 0.3 is 0 Å². The fraction of sp³-hybridized carbons (Fsp3) is 0.417. The van der Waals surface area contributed by atoms with Crippen LogP contribution in [0.1, 0.15) is 30.1 Å². The molecule has 0 spiro atoms. The molecule has 1 aromatic rings. The molecule has 1 aliphatic rings. The molecule has 0 saturated heterocycles. The minimum atomic E-state index is -0.00694. The number of hydrogen-bond donors (Lipinski definition) is 1. The molecule has 0 bridgehead atoms. The molecule has 0 unspecified atom stereocenters. The van der Waals surface area contributed by atoms with Gasteiger partial charge in [0, 0.05) is 15.5 Å². The number of nitrogens with one attached hydrogen (secondary N) is 1. The van der Waals surface area contributed by atoms with E-state index in [9.17, 15) is 4.79 Å². The Hall–Kier alpha value is -0.350. The maximum Gasteiger partial charge on any atom is 0.252 e. The normalized spacial score (nSPS) is 16.9. The van der Waals surface area contributed by atoms with Gasteiger partial charge in [0.05, 0.1) is 5.56 Å². The van der Waals surface area contributed by atoms with E-state index in [0.717, 1.165) is 15.5 Å². The highest BCUT2D eigenvalue weighted by Gasteiger charge is 2.37. The van der Waals surface area contributed by atoms with E-state index in [1.807, 2.05) is 18.2 Å². The molecule has 86 valence electrons. The van der Waals surface area contributed by atoms with Crippen LogP contribution in [-0.4, -0.2) is 12.5 Å². The van der Waals surface area contributed by atoms with E-state index in [-0.39, 0.29) is 5.91 Å². The van der Waals surface area contributed by atoms with Gasteiger partial charge in [-0.25, -0.2) is 0 Å². The van der Waals surface area contributed by atoms with Crippen molar-refractivity contribution in [3.8, 4) is 0 Å². The lowest BCUT2D eigenvalue weighted by atomic mass is 10.1. The molecule has 2 nitrogen and oxygen atoms in total. The summed E-state index contributed by atoms with van der Waals surface area (Å²) in [6.07, 6.45) is 2.43. The molecule has 2 rings (SSSR count). The van der Waals surface area contributed by atoms with Crippen LogP contribution < -0.4 is 5.32 Å². The van der Waals surface area contributed by atoms with Crippen LogP contribution in [0.3, 0.4) is 0 Å². The quantitative estimate of drug-likeness (QED) is 0.887. The molecule has 1 amide bonds. The molecule has 1 N–H and O–H groups in total. The maximum absolute atomic E-state index is 11.9. The zero-order chi connectivity index (χ0) is 11.8. The van der Waals surface area contributed by atoms with E-state index < -0.39 is 0 Å². The van der Waals surface area contributed by atoms with Crippen molar-refractivity contribution in [1.82, 2.24) is 5.32 Å². The average molecular weight is 347 g/mol. The Morgan fingerprint density at radius 3 is 2.69 bits per heavy atom. The van der Waals surface area contributed by atoms with Crippen molar-refractivity contribution >= 4 is 37.8 Å². The average Bonchev–Trinajstić information content (AvgIpc) is 2.94. The first-order chi connectivity index (χ1) is 7.50. The topological polar surface area (TPSA) is 29.1 Å². The third-order valence-corrected chi connectivity index (χ3v) is 4.10. The maximum atomic E-state index is 11.9. The monoisotopic (exact) mass is 345 g/mol. The minimum Gasteiger partial charge on any atom is -0.351 e. The fourth-order valence-corrected chi connectivity index (χ4v) is 2.68. The molecular weight excluding hydrogens is 334 g/mol. The van der Waals surface area contributed by atoms with Gasteiger partial charge in [0.25, 0.3) is 5.91 Å². The summed E-state index contributed by atoms with van der Waals surface area (Å²) in [7, 11) is 0. The van der Waals surface area contributed by atoms with Gasteiger partial charge < -0.3 is 5.32 Å². The Morgan fingerprint density at radius 2 is 2.12 bits per heavy atom. The van der Waals surface area contributed by atoms with Gasteiger partial charge in [-0.05, 0) is 52.4 Å². The third kappa shape index (κ3) is 2.86. The molecular formula is C12H13Br2NO. The lowest BCUT2D eigenvalue weighted by Gasteiger charge is -2.11. The highest BCUT2D eigenvalue weighted by molar-refractivity contribution is 9.11. The van der Waals surface area contributed by atoms with Crippen LogP contribution >= 0.6 is 31.9 Å². The van der Waals surface area contributed by atoms with Crippen LogP contribution in [0.4, 0.5) is 0 Å². The predicted molar refractivity (Wildman–Crippen MR) is 71.5 cm³/mol. The standard InChI is InChI=1S/C12H13Br2NO/c1-12(4-5-12)7-15-11(16)9-3-2-8(13)6-10(9)14/h2-3,6H,4-5,7H2,1H3,(H,15,16). The van der Waals surface area contributed by atoms with Gasteiger partial charge in [0.2, 0.25) is 0 Å². The lowest BCUT2D eigenvalue weighted by Crippen LogP contribution is -2.29. The van der Waals surface area contributed by atoms with E-state index in [2.05, 4.69) is 44.1 Å². The number of halogens is 2. The lowest BCUT2D eigenvalue weighted by molar-refractivity contribution is 0.0945. The van der Waals surface area contributed by atoms with E-state index in [0.29, 0.717) is 11.0 Å². The smallest absolute Gasteiger partial charge is 0.252 e. The SMILES string of the molecule is CC1(CNC(=O)c2ccc(Br)cc2Br)CC1. The van der Waals surface area contributed by atoms with Gasteiger partial charge in [0.15, 0.2) is 0 Å². The highest BCUT2D eigenvalue weighted by atomic mass is 79.9. The number of amides is 1. The fourth-order valence-electron chi connectivity index (χ4n) is 1.45. The Balaban J connectivity index is 2.02. The summed E-state index contributed by atoms with van der Waals surface area (Å²) < 4.78 is 1.78. The van der Waals surface area contributed by atoms with E-state index in [1.54, 1.807) is 0 Å². The number of carbonyl (C=O) groups excluding carboxylic acids is 1. The van der Waals surface area contributed by atoms with Crippen LogP contribution in [0.5, 0.6) is 0 Å². The van der Waals surface area contributed by atoms with Crippen molar-refractivity contribution in [3.05, 3.63) is 32.7 Å². The minimum absolute atomic E-state index is 0.00694. The van der Waals surface area contributed by atoms with Gasteiger partial charge in [0.1, 0.15) is 0 Å². The van der Waals surface area contributed by atoms with Crippen molar-refractivity contribution in [1.29, 1.82) is 0 Å². The van der Waals surface area contributed by atoms with E-state index >= 15 is 0 Å². The number of rotatable bonds is 3. The Kier molecular flexibility index (Phi) is 3.40. The first-order valence-electron chi connectivity index (χ1n) is 5.23. The summed E-state index contributed by atoms with van der Waals surface area (Å²) in [5.74, 6) is -0.00694. The second kappa shape index (κ2) is 4.49. The summed E-state index contributed by atoms with van der Waals surface area (Å²) in [6.45, 7) is 2.97. The molecule has 1 fully saturated rings. The summed E-state index contributed by atoms with van der Waals surface area (Å²) in [5, 5.41) is 2.98. The molecule has 0 aromatic heterocycles. The first-order valence-corrected chi connectivity index (χ1v) is 6.82. The van der Waals surface area contributed by atoms with Crippen molar-refractivity contribution in [2.45, 2.75) is 19.8 Å². The number of benzene rings is 1. The number of carbonyl (C=O) groups is 1. The van der Waals surface area contributed by atoms with Gasteiger partial charge in [-0.2, -0.15) is 0 Å². The molecule has 0 radical (unpaired) electrons. The first kappa shape index (κ1) is 12.1. The Bertz CT molecular complexity index is 427. The Labute approximate surface area is 112 Å².